The molecule has 0 radical (unpaired) electrons. The molecular formula is C8H8Br2FNO. The molecule has 72 valence electrons. The Morgan fingerprint density at radius 1 is 1.38 bits per heavy atom. The van der Waals surface area contributed by atoms with E-state index < -0.39 is 11.9 Å². The summed E-state index contributed by atoms with van der Waals surface area (Å²) in [5, 5.41) is 8.80. The van der Waals surface area contributed by atoms with Crippen molar-refractivity contribution >= 4 is 31.9 Å². The van der Waals surface area contributed by atoms with Gasteiger partial charge in [-0.2, -0.15) is 0 Å². The lowest BCUT2D eigenvalue weighted by Crippen LogP contribution is -2.17. The van der Waals surface area contributed by atoms with Gasteiger partial charge < -0.3 is 10.8 Å². The normalized spacial score (nSPS) is 13.0. The number of hydrogen-bond donors (Lipinski definition) is 2. The first-order chi connectivity index (χ1) is 6.07. The maximum atomic E-state index is 13.4. The average molecular weight is 313 g/mol. The van der Waals surface area contributed by atoms with Crippen molar-refractivity contribution in [2.45, 2.75) is 6.04 Å². The summed E-state index contributed by atoms with van der Waals surface area (Å²) in [4.78, 5) is 0. The topological polar surface area (TPSA) is 46.2 Å². The van der Waals surface area contributed by atoms with E-state index in [2.05, 4.69) is 31.9 Å². The fraction of sp³-hybridized carbons (Fsp3) is 0.250. The van der Waals surface area contributed by atoms with Crippen LogP contribution in [0.15, 0.2) is 21.1 Å². The zero-order valence-corrected chi connectivity index (χ0v) is 9.77. The lowest BCUT2D eigenvalue weighted by atomic mass is 10.1. The highest BCUT2D eigenvalue weighted by molar-refractivity contribution is 9.11. The Bertz CT molecular complexity index is 319. The van der Waals surface area contributed by atoms with Crippen molar-refractivity contribution in [2.75, 3.05) is 6.61 Å². The Morgan fingerprint density at radius 2 is 1.92 bits per heavy atom. The molecule has 0 aliphatic heterocycles. The highest BCUT2D eigenvalue weighted by Crippen LogP contribution is 2.29. The predicted molar refractivity (Wildman–Crippen MR) is 55.8 cm³/mol. The summed E-state index contributed by atoms with van der Waals surface area (Å²) in [6, 6.07) is 2.55. The number of rotatable bonds is 2. The SMILES string of the molecule is NC(CO)c1c(Br)ccc(Br)c1F. The number of hydrogen-bond acceptors (Lipinski definition) is 2. The van der Waals surface area contributed by atoms with Gasteiger partial charge in [-0.25, -0.2) is 4.39 Å². The molecule has 1 atom stereocenters. The van der Waals surface area contributed by atoms with E-state index in [1.54, 1.807) is 12.1 Å². The Labute approximate surface area is 92.2 Å². The van der Waals surface area contributed by atoms with Gasteiger partial charge in [-0.3, -0.25) is 0 Å². The van der Waals surface area contributed by atoms with Gasteiger partial charge in [0.2, 0.25) is 0 Å². The number of aliphatic hydroxyl groups is 1. The largest absolute Gasteiger partial charge is 0.394 e. The summed E-state index contributed by atoms with van der Waals surface area (Å²) >= 11 is 6.22. The van der Waals surface area contributed by atoms with Crippen LogP contribution in [0.1, 0.15) is 11.6 Å². The molecule has 1 aromatic carbocycles. The lowest BCUT2D eigenvalue weighted by molar-refractivity contribution is 0.265. The number of nitrogens with two attached hydrogens (primary N) is 1. The van der Waals surface area contributed by atoms with Gasteiger partial charge >= 0.3 is 0 Å². The minimum atomic E-state index is -0.702. The van der Waals surface area contributed by atoms with Crippen LogP contribution in [0.2, 0.25) is 0 Å². The average Bonchev–Trinajstić information content (AvgIpc) is 2.12. The number of benzene rings is 1. The van der Waals surface area contributed by atoms with Crippen molar-refractivity contribution in [2.24, 2.45) is 5.73 Å². The monoisotopic (exact) mass is 311 g/mol. The minimum Gasteiger partial charge on any atom is -0.394 e. The van der Waals surface area contributed by atoms with Crippen LogP contribution in [0, 0.1) is 5.82 Å². The lowest BCUT2D eigenvalue weighted by Gasteiger charge is -2.12. The van der Waals surface area contributed by atoms with Crippen LogP contribution < -0.4 is 5.73 Å². The van der Waals surface area contributed by atoms with E-state index in [0.29, 0.717) is 8.95 Å². The fourth-order valence-electron chi connectivity index (χ4n) is 0.974. The summed E-state index contributed by atoms with van der Waals surface area (Å²) in [6.07, 6.45) is 0. The quantitative estimate of drug-likeness (QED) is 0.823. The third kappa shape index (κ3) is 2.28. The summed E-state index contributed by atoms with van der Waals surface area (Å²) in [5.74, 6) is -0.434. The first-order valence-corrected chi connectivity index (χ1v) is 5.16. The highest BCUT2D eigenvalue weighted by Gasteiger charge is 2.16. The Kier molecular flexibility index (Phi) is 3.85. The number of aliphatic hydroxyl groups excluding tert-OH is 1. The first-order valence-electron chi connectivity index (χ1n) is 3.57. The molecule has 3 N–H and O–H groups in total. The molecule has 1 aromatic rings. The fourth-order valence-corrected chi connectivity index (χ4v) is 1.92. The summed E-state index contributed by atoms with van der Waals surface area (Å²) in [5.41, 5.74) is 5.81. The molecule has 0 aliphatic rings. The standard InChI is InChI=1S/C8H8Br2FNO/c9-4-1-2-5(10)8(11)7(4)6(12)3-13/h1-2,6,13H,3,12H2. The van der Waals surface area contributed by atoms with E-state index >= 15 is 0 Å². The third-order valence-corrected chi connectivity index (χ3v) is 2.95. The summed E-state index contributed by atoms with van der Waals surface area (Å²) in [6.45, 7) is -0.286. The maximum absolute atomic E-state index is 13.4. The van der Waals surface area contributed by atoms with Gasteiger partial charge in [-0.1, -0.05) is 15.9 Å². The Balaban J connectivity index is 3.25. The van der Waals surface area contributed by atoms with Crippen molar-refractivity contribution in [3.63, 3.8) is 0 Å². The predicted octanol–water partition coefficient (Wildman–Crippen LogP) is 2.34. The van der Waals surface area contributed by atoms with Gasteiger partial charge in [0, 0.05) is 10.0 Å². The summed E-state index contributed by atoms with van der Waals surface area (Å²) in [7, 11) is 0. The molecule has 0 amide bonds. The smallest absolute Gasteiger partial charge is 0.143 e. The Hall–Kier alpha value is 0.0300. The van der Waals surface area contributed by atoms with Crippen LogP contribution >= 0.6 is 31.9 Å². The van der Waals surface area contributed by atoms with E-state index in [0.717, 1.165) is 0 Å². The zero-order chi connectivity index (χ0) is 10.0. The summed E-state index contributed by atoms with van der Waals surface area (Å²) < 4.78 is 14.3. The van der Waals surface area contributed by atoms with Gasteiger partial charge in [0.1, 0.15) is 5.82 Å². The van der Waals surface area contributed by atoms with Gasteiger partial charge in [0.15, 0.2) is 0 Å². The van der Waals surface area contributed by atoms with Crippen molar-refractivity contribution in [3.05, 3.63) is 32.5 Å². The highest BCUT2D eigenvalue weighted by atomic mass is 79.9. The second-order valence-corrected chi connectivity index (χ2v) is 4.25. The first kappa shape index (κ1) is 11.1. The Morgan fingerprint density at radius 3 is 2.46 bits per heavy atom. The van der Waals surface area contributed by atoms with Crippen LogP contribution in [0.25, 0.3) is 0 Å². The van der Waals surface area contributed by atoms with Crippen LogP contribution in [0.5, 0.6) is 0 Å². The van der Waals surface area contributed by atoms with Crippen LogP contribution in [-0.4, -0.2) is 11.7 Å². The molecule has 2 nitrogen and oxygen atoms in total. The van der Waals surface area contributed by atoms with E-state index in [4.69, 9.17) is 10.8 Å². The van der Waals surface area contributed by atoms with Gasteiger partial charge in [0.05, 0.1) is 17.1 Å². The molecule has 0 bridgehead atoms. The third-order valence-electron chi connectivity index (χ3n) is 1.65. The van der Waals surface area contributed by atoms with Crippen molar-refractivity contribution in [1.29, 1.82) is 0 Å². The van der Waals surface area contributed by atoms with E-state index in [9.17, 15) is 4.39 Å². The molecule has 1 rings (SSSR count). The van der Waals surface area contributed by atoms with Crippen molar-refractivity contribution < 1.29 is 9.50 Å². The van der Waals surface area contributed by atoms with E-state index in [1.165, 1.54) is 0 Å². The molecule has 0 fully saturated rings. The molecule has 0 saturated heterocycles. The molecule has 0 aromatic heterocycles. The van der Waals surface area contributed by atoms with Crippen molar-refractivity contribution in [1.82, 2.24) is 0 Å². The molecule has 5 heteroatoms. The molecule has 0 aliphatic carbocycles. The van der Waals surface area contributed by atoms with Crippen molar-refractivity contribution in [3.8, 4) is 0 Å². The molecule has 0 spiro atoms. The molecule has 0 saturated carbocycles. The maximum Gasteiger partial charge on any atom is 0.143 e. The second kappa shape index (κ2) is 4.50. The molecule has 13 heavy (non-hydrogen) atoms. The van der Waals surface area contributed by atoms with Crippen LogP contribution in [-0.2, 0) is 0 Å². The van der Waals surface area contributed by atoms with Crippen LogP contribution in [0.4, 0.5) is 4.39 Å². The van der Waals surface area contributed by atoms with E-state index in [1.807, 2.05) is 0 Å². The zero-order valence-electron chi connectivity index (χ0n) is 6.60. The van der Waals surface area contributed by atoms with Gasteiger partial charge in [-0.05, 0) is 28.1 Å². The van der Waals surface area contributed by atoms with Gasteiger partial charge in [0.25, 0.3) is 0 Å². The van der Waals surface area contributed by atoms with E-state index in [-0.39, 0.29) is 12.2 Å². The molecule has 1 unspecified atom stereocenters. The minimum absolute atomic E-state index is 0.286. The second-order valence-electron chi connectivity index (χ2n) is 2.55. The number of halogens is 3. The van der Waals surface area contributed by atoms with Gasteiger partial charge in [-0.15, -0.1) is 0 Å². The molecular weight excluding hydrogens is 305 g/mol. The van der Waals surface area contributed by atoms with Crippen LogP contribution in [0.3, 0.4) is 0 Å². The molecule has 0 heterocycles.